The third-order valence-corrected chi connectivity index (χ3v) is 3.18. The van der Waals surface area contributed by atoms with E-state index in [1.807, 2.05) is 0 Å². The topological polar surface area (TPSA) is 91.7 Å². The van der Waals surface area contributed by atoms with Crippen LogP contribution in [0, 0.1) is 4.91 Å². The highest BCUT2D eigenvalue weighted by Crippen LogP contribution is 2.25. The molecule has 1 heterocycles. The molecule has 0 aliphatic heterocycles. The molecule has 0 radical (unpaired) electrons. The van der Waals surface area contributed by atoms with Crippen LogP contribution < -0.4 is 5.32 Å². The van der Waals surface area contributed by atoms with Crippen molar-refractivity contribution in [2.24, 2.45) is 5.18 Å². The van der Waals surface area contributed by atoms with E-state index in [-0.39, 0.29) is 17.1 Å². The first-order valence-corrected chi connectivity index (χ1v) is 6.51. The van der Waals surface area contributed by atoms with Crippen LogP contribution in [0.1, 0.15) is 10.5 Å². The number of carbonyl (C=O) groups excluding carboxylic acids is 1. The SMILES string of the molecule is O=Nc1ccccc1NC(=O)c1ccc2cccc(O)c2n1. The number of carbonyl (C=O) groups is 1. The minimum atomic E-state index is -0.485. The van der Waals surface area contributed by atoms with Crippen molar-refractivity contribution in [1.82, 2.24) is 4.98 Å². The molecule has 0 saturated carbocycles. The van der Waals surface area contributed by atoms with Gasteiger partial charge in [-0.25, -0.2) is 4.98 Å². The average Bonchev–Trinajstić information content (AvgIpc) is 2.55. The van der Waals surface area contributed by atoms with Gasteiger partial charge >= 0.3 is 0 Å². The molecule has 6 heteroatoms. The Hall–Kier alpha value is -3.28. The van der Waals surface area contributed by atoms with Gasteiger partial charge in [0.1, 0.15) is 22.6 Å². The summed E-state index contributed by atoms with van der Waals surface area (Å²) in [6.45, 7) is 0. The molecule has 0 fully saturated rings. The molecular formula is C16H11N3O3. The third kappa shape index (κ3) is 2.49. The average molecular weight is 293 g/mol. The second kappa shape index (κ2) is 5.61. The molecule has 0 saturated heterocycles. The van der Waals surface area contributed by atoms with E-state index in [1.165, 1.54) is 12.1 Å². The summed E-state index contributed by atoms with van der Waals surface area (Å²) >= 11 is 0. The largest absolute Gasteiger partial charge is 0.506 e. The van der Waals surface area contributed by atoms with Crippen molar-refractivity contribution in [2.45, 2.75) is 0 Å². The lowest BCUT2D eigenvalue weighted by molar-refractivity contribution is 0.102. The number of nitrogens with zero attached hydrogens (tertiary/aromatic N) is 2. The summed E-state index contributed by atoms with van der Waals surface area (Å²) in [6, 6.07) is 14.6. The van der Waals surface area contributed by atoms with Gasteiger partial charge in [0, 0.05) is 5.39 Å². The van der Waals surface area contributed by atoms with Crippen LogP contribution >= 0.6 is 0 Å². The van der Waals surface area contributed by atoms with Crippen LogP contribution in [0.5, 0.6) is 5.75 Å². The molecule has 6 nitrogen and oxygen atoms in total. The number of nitrogens with one attached hydrogen (secondary N) is 1. The third-order valence-electron chi connectivity index (χ3n) is 3.18. The molecule has 1 aromatic heterocycles. The first kappa shape index (κ1) is 13.7. The molecule has 0 aliphatic carbocycles. The van der Waals surface area contributed by atoms with Crippen molar-refractivity contribution in [2.75, 3.05) is 5.32 Å². The minimum Gasteiger partial charge on any atom is -0.506 e. The number of aromatic hydroxyl groups is 1. The normalized spacial score (nSPS) is 10.4. The van der Waals surface area contributed by atoms with Crippen LogP contribution in [0.4, 0.5) is 11.4 Å². The molecule has 3 aromatic rings. The maximum atomic E-state index is 12.2. The predicted molar refractivity (Wildman–Crippen MR) is 83.3 cm³/mol. The van der Waals surface area contributed by atoms with Crippen molar-refractivity contribution in [1.29, 1.82) is 0 Å². The van der Waals surface area contributed by atoms with Gasteiger partial charge in [0.05, 0.1) is 5.69 Å². The number of phenolic OH excluding ortho intramolecular Hbond substituents is 1. The highest BCUT2D eigenvalue weighted by atomic mass is 16.3. The number of hydrogen-bond donors (Lipinski definition) is 2. The minimum absolute atomic E-state index is 0.00195. The zero-order valence-corrected chi connectivity index (χ0v) is 11.4. The van der Waals surface area contributed by atoms with Gasteiger partial charge in [0.25, 0.3) is 5.91 Å². The highest BCUT2D eigenvalue weighted by molar-refractivity contribution is 6.05. The zero-order valence-electron chi connectivity index (χ0n) is 11.4. The summed E-state index contributed by atoms with van der Waals surface area (Å²) in [5.74, 6) is -0.483. The van der Waals surface area contributed by atoms with Gasteiger partial charge in [-0.05, 0) is 29.4 Å². The second-order valence-corrected chi connectivity index (χ2v) is 4.61. The number of para-hydroxylation sites is 2. The molecule has 3 rings (SSSR count). The number of anilines is 1. The van der Waals surface area contributed by atoms with E-state index >= 15 is 0 Å². The Balaban J connectivity index is 1.95. The first-order valence-electron chi connectivity index (χ1n) is 6.51. The molecule has 1 amide bonds. The van der Waals surface area contributed by atoms with E-state index in [2.05, 4.69) is 15.5 Å². The molecule has 0 unspecified atom stereocenters. The van der Waals surface area contributed by atoms with Gasteiger partial charge in [-0.2, -0.15) is 0 Å². The summed E-state index contributed by atoms with van der Waals surface area (Å²) in [5, 5.41) is 16.0. The Bertz CT molecular complexity index is 877. The highest BCUT2D eigenvalue weighted by Gasteiger charge is 2.12. The van der Waals surface area contributed by atoms with E-state index in [4.69, 9.17) is 0 Å². The smallest absolute Gasteiger partial charge is 0.274 e. The van der Waals surface area contributed by atoms with Crippen molar-refractivity contribution in [3.05, 3.63) is 65.2 Å². The van der Waals surface area contributed by atoms with Gasteiger partial charge in [-0.15, -0.1) is 4.91 Å². The van der Waals surface area contributed by atoms with E-state index in [9.17, 15) is 14.8 Å². The van der Waals surface area contributed by atoms with Gasteiger partial charge in [-0.1, -0.05) is 30.3 Å². The number of pyridine rings is 1. The number of rotatable bonds is 3. The van der Waals surface area contributed by atoms with E-state index in [0.29, 0.717) is 11.2 Å². The van der Waals surface area contributed by atoms with Crippen LogP contribution in [-0.4, -0.2) is 16.0 Å². The lowest BCUT2D eigenvalue weighted by Crippen LogP contribution is -2.13. The molecule has 108 valence electrons. The number of amides is 1. The fourth-order valence-corrected chi connectivity index (χ4v) is 2.10. The fourth-order valence-electron chi connectivity index (χ4n) is 2.10. The lowest BCUT2D eigenvalue weighted by Gasteiger charge is -2.07. The Morgan fingerprint density at radius 2 is 1.86 bits per heavy atom. The molecule has 22 heavy (non-hydrogen) atoms. The van der Waals surface area contributed by atoms with Crippen molar-refractivity contribution in [3.8, 4) is 5.75 Å². The van der Waals surface area contributed by atoms with Crippen LogP contribution in [0.25, 0.3) is 10.9 Å². The van der Waals surface area contributed by atoms with E-state index < -0.39 is 5.91 Å². The summed E-state index contributed by atoms with van der Waals surface area (Å²) in [5.41, 5.74) is 0.924. The molecule has 2 aromatic carbocycles. The summed E-state index contributed by atoms with van der Waals surface area (Å²) in [4.78, 5) is 27.1. The van der Waals surface area contributed by atoms with E-state index in [0.717, 1.165) is 5.39 Å². The fraction of sp³-hybridized carbons (Fsp3) is 0. The predicted octanol–water partition coefficient (Wildman–Crippen LogP) is 3.59. The maximum absolute atomic E-state index is 12.2. The summed E-state index contributed by atoms with van der Waals surface area (Å²) < 4.78 is 0. The van der Waals surface area contributed by atoms with Crippen LogP contribution in [-0.2, 0) is 0 Å². The molecule has 0 spiro atoms. The van der Waals surface area contributed by atoms with Crippen molar-refractivity contribution in [3.63, 3.8) is 0 Å². The lowest BCUT2D eigenvalue weighted by atomic mass is 10.2. The number of benzene rings is 2. The van der Waals surface area contributed by atoms with Crippen molar-refractivity contribution >= 4 is 28.2 Å². The summed E-state index contributed by atoms with van der Waals surface area (Å²) in [6.07, 6.45) is 0. The zero-order chi connectivity index (χ0) is 15.5. The van der Waals surface area contributed by atoms with Crippen molar-refractivity contribution < 1.29 is 9.90 Å². The molecular weight excluding hydrogens is 282 g/mol. The molecule has 0 aliphatic rings. The molecule has 0 atom stereocenters. The van der Waals surface area contributed by atoms with Gasteiger partial charge in [-0.3, -0.25) is 4.79 Å². The van der Waals surface area contributed by atoms with E-state index in [1.54, 1.807) is 42.5 Å². The number of nitroso groups, excluding NO2 is 1. The standard InChI is InChI=1S/C16H11N3O3/c20-14-7-3-4-10-8-9-13(17-15(10)14)16(21)18-11-5-1-2-6-12(11)19-22/h1-9,20H,(H,18,21). The quantitative estimate of drug-likeness (QED) is 0.722. The Kier molecular flexibility index (Phi) is 3.49. The second-order valence-electron chi connectivity index (χ2n) is 4.61. The van der Waals surface area contributed by atoms with Crippen LogP contribution in [0.15, 0.2) is 59.8 Å². The summed E-state index contributed by atoms with van der Waals surface area (Å²) in [7, 11) is 0. The Morgan fingerprint density at radius 1 is 1.05 bits per heavy atom. The Morgan fingerprint density at radius 3 is 2.68 bits per heavy atom. The number of hydrogen-bond acceptors (Lipinski definition) is 5. The van der Waals surface area contributed by atoms with Gasteiger partial charge in [0.15, 0.2) is 0 Å². The number of fused-ring (bicyclic) bond motifs is 1. The first-order chi connectivity index (χ1) is 10.7. The Labute approximate surface area is 125 Å². The molecule has 0 bridgehead atoms. The maximum Gasteiger partial charge on any atom is 0.274 e. The van der Waals surface area contributed by atoms with Crippen LogP contribution in [0.3, 0.4) is 0 Å². The monoisotopic (exact) mass is 293 g/mol. The van der Waals surface area contributed by atoms with Gasteiger partial charge in [0.2, 0.25) is 0 Å². The number of phenols is 1. The molecule has 2 N–H and O–H groups in total. The van der Waals surface area contributed by atoms with Gasteiger partial charge < -0.3 is 10.4 Å². The van der Waals surface area contributed by atoms with Crippen LogP contribution in [0.2, 0.25) is 0 Å². The number of aromatic nitrogens is 1.